The number of nitrogen functional groups attached to an aromatic ring is 1. The SMILES string of the molecule is Nc1[nH+]c2ccc(Br)cc2s1.[O-][Cl+3]([O-])([O-])[O-]. The van der Waals surface area contributed by atoms with Gasteiger partial charge in [-0.1, -0.05) is 15.9 Å². The predicted molar refractivity (Wildman–Crippen MR) is 50.5 cm³/mol. The number of hydrogen-bond donors (Lipinski definition) is 1. The van der Waals surface area contributed by atoms with Gasteiger partial charge in [-0.05, 0) is 29.5 Å². The Hall–Kier alpha value is -0.480. The molecule has 0 aliphatic carbocycles. The van der Waals surface area contributed by atoms with E-state index in [4.69, 9.17) is 24.4 Å². The first kappa shape index (κ1) is 13.6. The maximum atomic E-state index is 8.49. The number of hydrogen-bond acceptors (Lipinski definition) is 6. The second-order valence-corrected chi connectivity index (χ2v) is 5.37. The van der Waals surface area contributed by atoms with Gasteiger partial charge in [0.25, 0.3) is 0 Å². The van der Waals surface area contributed by atoms with Crippen LogP contribution in [-0.4, -0.2) is 0 Å². The predicted octanol–water partition coefficient (Wildman–Crippen LogP) is -2.70. The van der Waals surface area contributed by atoms with Crippen molar-refractivity contribution in [2.75, 3.05) is 5.73 Å². The lowest BCUT2D eigenvalue weighted by Gasteiger charge is -2.17. The minimum atomic E-state index is -4.94. The second-order valence-electron chi connectivity index (χ2n) is 2.61. The van der Waals surface area contributed by atoms with Crippen LogP contribution in [-0.2, 0) is 0 Å². The van der Waals surface area contributed by atoms with E-state index in [0.717, 1.165) is 15.1 Å². The van der Waals surface area contributed by atoms with Crippen molar-refractivity contribution in [3.05, 3.63) is 22.7 Å². The summed E-state index contributed by atoms with van der Waals surface area (Å²) < 4.78 is 36.2. The molecule has 0 amide bonds. The summed E-state index contributed by atoms with van der Waals surface area (Å²) in [6.07, 6.45) is 0. The lowest BCUT2D eigenvalue weighted by atomic mass is 10.3. The van der Waals surface area contributed by atoms with Crippen LogP contribution in [0.2, 0.25) is 0 Å². The van der Waals surface area contributed by atoms with E-state index in [0.29, 0.717) is 0 Å². The molecular weight excluding hydrogens is 324 g/mol. The maximum Gasteiger partial charge on any atom is 0.330 e. The van der Waals surface area contributed by atoms with E-state index in [9.17, 15) is 0 Å². The van der Waals surface area contributed by atoms with Crippen LogP contribution in [0.1, 0.15) is 0 Å². The average molecular weight is 330 g/mol. The van der Waals surface area contributed by atoms with Gasteiger partial charge in [-0.15, -0.1) is 10.2 Å². The normalized spacial score (nSPS) is 11.1. The van der Waals surface area contributed by atoms with Crippen molar-refractivity contribution >= 4 is 42.6 Å². The Labute approximate surface area is 105 Å². The molecule has 16 heavy (non-hydrogen) atoms. The molecule has 1 aromatic heterocycles. The highest BCUT2D eigenvalue weighted by Crippen LogP contribution is 2.23. The van der Waals surface area contributed by atoms with E-state index < -0.39 is 10.2 Å². The third kappa shape index (κ3) is 5.03. The van der Waals surface area contributed by atoms with Gasteiger partial charge in [0.2, 0.25) is 0 Å². The first-order valence-corrected chi connectivity index (χ1v) is 6.59. The van der Waals surface area contributed by atoms with Gasteiger partial charge in [0, 0.05) is 4.47 Å². The van der Waals surface area contributed by atoms with Gasteiger partial charge in [0.05, 0.1) is 4.70 Å². The van der Waals surface area contributed by atoms with Gasteiger partial charge in [0.15, 0.2) is 0 Å². The molecule has 1 heterocycles. The highest BCUT2D eigenvalue weighted by atomic mass is 79.9. The molecule has 0 unspecified atom stereocenters. The molecule has 0 aliphatic heterocycles. The number of H-pyrrole nitrogens is 1. The quantitative estimate of drug-likeness (QED) is 0.562. The highest BCUT2D eigenvalue weighted by molar-refractivity contribution is 9.10. The Balaban J connectivity index is 0.000000221. The molecule has 0 spiro atoms. The Morgan fingerprint density at radius 3 is 2.38 bits per heavy atom. The Bertz CT molecular complexity index is 481. The standard InChI is InChI=1S/C7H5BrN2S.ClHO4/c8-4-1-2-5-6(3-4)11-7(9)10-5;2-1(3,4)5/h1-3H,(H2,9,10);(H,2,3,4,5). The summed E-state index contributed by atoms with van der Waals surface area (Å²) in [6.45, 7) is 0. The summed E-state index contributed by atoms with van der Waals surface area (Å²) in [6, 6.07) is 6.05. The topological polar surface area (TPSA) is 132 Å². The number of anilines is 1. The van der Waals surface area contributed by atoms with Crippen molar-refractivity contribution in [2.24, 2.45) is 0 Å². The second kappa shape index (κ2) is 5.23. The summed E-state index contributed by atoms with van der Waals surface area (Å²) in [7, 11) is -4.94. The molecule has 2 rings (SSSR count). The van der Waals surface area contributed by atoms with E-state index in [1.807, 2.05) is 18.2 Å². The highest BCUT2D eigenvalue weighted by Gasteiger charge is 2.03. The van der Waals surface area contributed by atoms with E-state index in [1.54, 1.807) is 11.3 Å². The Kier molecular flexibility index (Phi) is 4.44. The largest absolute Gasteiger partial charge is 0.330 e. The van der Waals surface area contributed by atoms with E-state index in [1.165, 1.54) is 4.70 Å². The van der Waals surface area contributed by atoms with Crippen LogP contribution in [0.15, 0.2) is 22.7 Å². The summed E-state index contributed by atoms with van der Waals surface area (Å²) >= 11 is 4.95. The van der Waals surface area contributed by atoms with E-state index >= 15 is 0 Å². The lowest BCUT2D eigenvalue weighted by Crippen LogP contribution is -2.68. The first-order chi connectivity index (χ1) is 7.25. The Morgan fingerprint density at radius 2 is 1.81 bits per heavy atom. The van der Waals surface area contributed by atoms with Crippen LogP contribution in [0.5, 0.6) is 0 Å². The molecule has 0 saturated heterocycles. The summed E-state index contributed by atoms with van der Waals surface area (Å²) in [4.78, 5) is 3.06. The van der Waals surface area contributed by atoms with Crippen LogP contribution in [0.3, 0.4) is 0 Å². The number of thiazole rings is 1. The number of halogens is 2. The molecule has 0 atom stereocenters. The first-order valence-electron chi connectivity index (χ1n) is 3.74. The van der Waals surface area contributed by atoms with E-state index in [-0.39, 0.29) is 0 Å². The zero-order valence-electron chi connectivity index (χ0n) is 7.61. The number of nitrogens with two attached hydrogens (primary N) is 1. The fraction of sp³-hybridized carbons (Fsp3) is 0. The molecule has 0 radical (unpaired) electrons. The zero-order valence-corrected chi connectivity index (χ0v) is 10.8. The molecule has 1 aromatic carbocycles. The monoisotopic (exact) mass is 328 g/mol. The van der Waals surface area contributed by atoms with Crippen molar-refractivity contribution < 1.29 is 33.9 Å². The molecule has 0 fully saturated rings. The van der Waals surface area contributed by atoms with Crippen molar-refractivity contribution in [1.82, 2.24) is 0 Å². The molecule has 0 bridgehead atoms. The molecule has 3 N–H and O–H groups in total. The number of aromatic nitrogens is 1. The van der Waals surface area contributed by atoms with Crippen LogP contribution in [0.25, 0.3) is 10.2 Å². The van der Waals surface area contributed by atoms with Crippen molar-refractivity contribution in [2.45, 2.75) is 0 Å². The molecule has 2 aromatic rings. The number of benzene rings is 1. The summed E-state index contributed by atoms with van der Waals surface area (Å²) in [5, 5.41) is 0.748. The van der Waals surface area contributed by atoms with Crippen molar-refractivity contribution in [3.63, 3.8) is 0 Å². The van der Waals surface area contributed by atoms with Gasteiger partial charge >= 0.3 is 5.13 Å². The van der Waals surface area contributed by atoms with Gasteiger partial charge in [0.1, 0.15) is 5.52 Å². The number of nitrogens with one attached hydrogen (secondary N) is 1. The van der Waals surface area contributed by atoms with Crippen LogP contribution in [0, 0.1) is 10.2 Å². The van der Waals surface area contributed by atoms with Crippen LogP contribution >= 0.6 is 27.3 Å². The number of rotatable bonds is 0. The average Bonchev–Trinajstić information content (AvgIpc) is 2.40. The van der Waals surface area contributed by atoms with Crippen LogP contribution < -0.4 is 29.4 Å². The van der Waals surface area contributed by atoms with Crippen LogP contribution in [0.4, 0.5) is 5.13 Å². The number of aromatic amines is 1. The van der Waals surface area contributed by atoms with Crippen molar-refractivity contribution in [3.8, 4) is 0 Å². The minimum absolute atomic E-state index is 0.748. The smallest absolute Gasteiger partial charge is 0.278 e. The zero-order chi connectivity index (χ0) is 12.3. The minimum Gasteiger partial charge on any atom is -0.278 e. The van der Waals surface area contributed by atoms with Gasteiger partial charge in [-0.3, -0.25) is 5.73 Å². The maximum absolute atomic E-state index is 8.49. The van der Waals surface area contributed by atoms with E-state index in [2.05, 4.69) is 20.9 Å². The molecule has 0 aliphatic rings. The summed E-state index contributed by atoms with van der Waals surface area (Å²) in [5.74, 6) is 0. The lowest BCUT2D eigenvalue weighted by molar-refractivity contribution is -2.00. The van der Waals surface area contributed by atoms with Gasteiger partial charge in [-0.2, -0.15) is 0 Å². The Morgan fingerprint density at radius 1 is 1.25 bits per heavy atom. The molecular formula is C7H6BrClN2O4S. The fourth-order valence-corrected chi connectivity index (χ4v) is 2.29. The molecule has 9 heteroatoms. The third-order valence-corrected chi connectivity index (χ3v) is 2.79. The van der Waals surface area contributed by atoms with Gasteiger partial charge < -0.3 is 0 Å². The fourth-order valence-electron chi connectivity index (χ4n) is 0.961. The molecule has 88 valence electrons. The summed E-state index contributed by atoms with van der Waals surface area (Å²) in [5.41, 5.74) is 6.68. The number of fused-ring (bicyclic) bond motifs is 1. The molecule has 6 nitrogen and oxygen atoms in total. The third-order valence-electron chi connectivity index (χ3n) is 1.42. The van der Waals surface area contributed by atoms with Gasteiger partial charge in [-0.25, -0.2) is 23.6 Å². The molecule has 0 saturated carbocycles. The van der Waals surface area contributed by atoms with Crippen molar-refractivity contribution in [1.29, 1.82) is 0 Å².